The second kappa shape index (κ2) is 6.53. The first-order valence-corrected chi connectivity index (χ1v) is 10.2. The van der Waals surface area contributed by atoms with Crippen molar-refractivity contribution in [2.75, 3.05) is 24.8 Å². The minimum absolute atomic E-state index is 0.248. The molecule has 2 aromatic carbocycles. The van der Waals surface area contributed by atoms with E-state index >= 15 is 0 Å². The first kappa shape index (κ1) is 17.1. The van der Waals surface area contributed by atoms with E-state index in [1.807, 2.05) is 42.5 Å². The molecule has 0 aromatic heterocycles. The third-order valence-corrected chi connectivity index (χ3v) is 6.18. The van der Waals surface area contributed by atoms with Gasteiger partial charge in [-0.1, -0.05) is 28.1 Å². The van der Waals surface area contributed by atoms with Crippen LogP contribution >= 0.6 is 15.9 Å². The van der Waals surface area contributed by atoms with Gasteiger partial charge in [-0.05, 0) is 43.5 Å². The standard InChI is InChI=1S/C21H22BrN2O3/c22-16-7-5-15(6-8-16)21(25)13-23-11-3-1-2-4-20(23)24(21)17-9-10-18-19(12-17)27-14-26-18/h5-10,12,25H,1-4,11,13-14H2/q+1. The summed E-state index contributed by atoms with van der Waals surface area (Å²) in [5, 5.41) is 11.9. The lowest BCUT2D eigenvalue weighted by Gasteiger charge is -2.29. The summed E-state index contributed by atoms with van der Waals surface area (Å²) in [7, 11) is 0. The lowest BCUT2D eigenvalue weighted by molar-refractivity contribution is -0.534. The van der Waals surface area contributed by atoms with Crippen LogP contribution in [0.3, 0.4) is 0 Å². The summed E-state index contributed by atoms with van der Waals surface area (Å²) in [5.41, 5.74) is 0.717. The van der Waals surface area contributed by atoms with Crippen LogP contribution in [0.15, 0.2) is 46.9 Å². The molecule has 6 heteroatoms. The second-order valence-corrected chi connectivity index (χ2v) is 8.26. The highest BCUT2D eigenvalue weighted by Crippen LogP contribution is 2.42. The fourth-order valence-corrected chi connectivity index (χ4v) is 4.61. The molecule has 1 unspecified atom stereocenters. The van der Waals surface area contributed by atoms with Crippen molar-refractivity contribution in [1.29, 1.82) is 0 Å². The van der Waals surface area contributed by atoms with E-state index in [9.17, 15) is 5.11 Å². The largest absolute Gasteiger partial charge is 0.454 e. The van der Waals surface area contributed by atoms with E-state index in [1.165, 1.54) is 12.3 Å². The number of amidine groups is 1. The summed E-state index contributed by atoms with van der Waals surface area (Å²) < 4.78 is 14.4. The van der Waals surface area contributed by atoms with Gasteiger partial charge in [0, 0.05) is 22.5 Å². The van der Waals surface area contributed by atoms with Crippen molar-refractivity contribution in [2.24, 2.45) is 0 Å². The van der Waals surface area contributed by atoms with Gasteiger partial charge in [-0.2, -0.15) is 4.90 Å². The molecule has 0 saturated heterocycles. The maximum atomic E-state index is 11.9. The average Bonchev–Trinajstić information content (AvgIpc) is 3.17. The van der Waals surface area contributed by atoms with E-state index in [-0.39, 0.29) is 6.79 Å². The van der Waals surface area contributed by atoms with Gasteiger partial charge in [0.2, 0.25) is 6.79 Å². The minimum Gasteiger partial charge on any atom is -0.454 e. The number of nitrogens with zero attached hydrogens (tertiary/aromatic N) is 2. The van der Waals surface area contributed by atoms with Gasteiger partial charge < -0.3 is 14.6 Å². The van der Waals surface area contributed by atoms with Gasteiger partial charge in [-0.15, -0.1) is 0 Å². The van der Waals surface area contributed by atoms with Crippen LogP contribution in [-0.4, -0.2) is 35.4 Å². The van der Waals surface area contributed by atoms with Crippen LogP contribution in [0.1, 0.15) is 31.2 Å². The molecular formula is C21H22BrN2O3+. The molecule has 3 heterocycles. The van der Waals surface area contributed by atoms with Crippen LogP contribution < -0.4 is 14.4 Å². The zero-order valence-corrected chi connectivity index (χ0v) is 16.6. The quantitative estimate of drug-likeness (QED) is 0.736. The Hall–Kier alpha value is -2.05. The lowest BCUT2D eigenvalue weighted by atomic mass is 10.00. The third kappa shape index (κ3) is 2.82. The Labute approximate surface area is 167 Å². The summed E-state index contributed by atoms with van der Waals surface area (Å²) in [5.74, 6) is 2.68. The van der Waals surface area contributed by atoms with Crippen molar-refractivity contribution in [3.8, 4) is 11.5 Å². The second-order valence-electron chi connectivity index (χ2n) is 7.34. The molecular weight excluding hydrogens is 408 g/mol. The molecule has 1 N–H and O–H groups in total. The fraction of sp³-hybridized carbons (Fsp3) is 0.381. The summed E-state index contributed by atoms with van der Waals surface area (Å²) >= 11 is 3.50. The molecule has 1 atom stereocenters. The summed E-state index contributed by atoms with van der Waals surface area (Å²) in [6.07, 6.45) is 4.50. The average molecular weight is 430 g/mol. The molecule has 2 aromatic rings. The number of aliphatic hydroxyl groups is 1. The van der Waals surface area contributed by atoms with Crippen LogP contribution in [0.4, 0.5) is 5.69 Å². The van der Waals surface area contributed by atoms with Crippen molar-refractivity contribution in [1.82, 2.24) is 0 Å². The molecule has 3 aliphatic heterocycles. The van der Waals surface area contributed by atoms with Crippen LogP contribution in [0.25, 0.3) is 0 Å². The maximum absolute atomic E-state index is 11.9. The number of anilines is 1. The van der Waals surface area contributed by atoms with Gasteiger partial charge in [0.1, 0.15) is 5.69 Å². The van der Waals surface area contributed by atoms with E-state index in [2.05, 4.69) is 25.4 Å². The molecule has 0 fully saturated rings. The Kier molecular flexibility index (Phi) is 4.13. The van der Waals surface area contributed by atoms with Crippen LogP contribution in [0.5, 0.6) is 11.5 Å². The summed E-state index contributed by atoms with van der Waals surface area (Å²) in [6, 6.07) is 13.9. The molecule has 0 amide bonds. The number of hydrogen-bond donors (Lipinski definition) is 1. The third-order valence-electron chi connectivity index (χ3n) is 5.65. The number of fused-ring (bicyclic) bond motifs is 1. The first-order chi connectivity index (χ1) is 13.1. The first-order valence-electron chi connectivity index (χ1n) is 9.44. The number of halogens is 1. The SMILES string of the molecule is OC1(c2ccc(Br)cc2)C[N+]2=C(CCCCC2)N1c1ccc2c(c1)OCO2. The van der Waals surface area contributed by atoms with Crippen LogP contribution in [0.2, 0.25) is 0 Å². The van der Waals surface area contributed by atoms with E-state index in [1.54, 1.807) is 0 Å². The zero-order chi connectivity index (χ0) is 18.4. The van der Waals surface area contributed by atoms with Crippen molar-refractivity contribution < 1.29 is 19.2 Å². The van der Waals surface area contributed by atoms with Crippen LogP contribution in [0, 0.1) is 0 Å². The number of benzene rings is 2. The van der Waals surface area contributed by atoms with Crippen molar-refractivity contribution in [2.45, 2.75) is 31.4 Å². The van der Waals surface area contributed by atoms with Gasteiger partial charge in [0.15, 0.2) is 18.0 Å². The molecule has 27 heavy (non-hydrogen) atoms. The van der Waals surface area contributed by atoms with E-state index in [0.29, 0.717) is 6.54 Å². The zero-order valence-electron chi connectivity index (χ0n) is 15.0. The predicted molar refractivity (Wildman–Crippen MR) is 107 cm³/mol. The number of ether oxygens (including phenoxy) is 2. The van der Waals surface area contributed by atoms with Gasteiger partial charge in [-0.3, -0.25) is 4.58 Å². The molecule has 5 nitrogen and oxygen atoms in total. The minimum atomic E-state index is -1.11. The Morgan fingerprint density at radius 1 is 1.00 bits per heavy atom. The molecule has 5 rings (SSSR count). The highest BCUT2D eigenvalue weighted by atomic mass is 79.9. The molecule has 140 valence electrons. The Bertz CT molecular complexity index is 912. The molecule has 3 aliphatic rings. The monoisotopic (exact) mass is 429 g/mol. The molecule has 0 spiro atoms. The fourth-order valence-electron chi connectivity index (χ4n) is 4.35. The lowest BCUT2D eigenvalue weighted by Crippen LogP contribution is -2.47. The molecule has 0 bridgehead atoms. The Morgan fingerprint density at radius 2 is 1.81 bits per heavy atom. The van der Waals surface area contributed by atoms with E-state index in [4.69, 9.17) is 9.47 Å². The topological polar surface area (TPSA) is 44.9 Å². The number of hydrogen-bond acceptors (Lipinski definition) is 4. The van der Waals surface area contributed by atoms with E-state index in [0.717, 1.165) is 53.0 Å². The van der Waals surface area contributed by atoms with Gasteiger partial charge in [0.25, 0.3) is 11.6 Å². The summed E-state index contributed by atoms with van der Waals surface area (Å²) in [4.78, 5) is 2.10. The highest BCUT2D eigenvalue weighted by molar-refractivity contribution is 9.10. The molecule has 0 radical (unpaired) electrons. The van der Waals surface area contributed by atoms with E-state index < -0.39 is 5.72 Å². The Morgan fingerprint density at radius 3 is 2.67 bits per heavy atom. The highest BCUT2D eigenvalue weighted by Gasteiger charge is 2.54. The predicted octanol–water partition coefficient (Wildman–Crippen LogP) is 3.83. The van der Waals surface area contributed by atoms with Crippen molar-refractivity contribution in [3.63, 3.8) is 0 Å². The van der Waals surface area contributed by atoms with Crippen molar-refractivity contribution >= 4 is 27.5 Å². The van der Waals surface area contributed by atoms with Gasteiger partial charge in [-0.25, -0.2) is 0 Å². The van der Waals surface area contributed by atoms with Gasteiger partial charge in [0.05, 0.1) is 6.54 Å². The van der Waals surface area contributed by atoms with Crippen molar-refractivity contribution in [3.05, 3.63) is 52.5 Å². The summed E-state index contributed by atoms with van der Waals surface area (Å²) in [6.45, 7) is 1.80. The Balaban J connectivity index is 1.63. The van der Waals surface area contributed by atoms with Gasteiger partial charge >= 0.3 is 0 Å². The molecule has 0 aliphatic carbocycles. The number of rotatable bonds is 2. The smallest absolute Gasteiger partial charge is 0.275 e. The van der Waals surface area contributed by atoms with Crippen LogP contribution in [-0.2, 0) is 5.72 Å². The normalized spacial score (nSPS) is 24.1. The molecule has 0 saturated carbocycles. The maximum Gasteiger partial charge on any atom is 0.275 e.